The van der Waals surface area contributed by atoms with Gasteiger partial charge in [-0.3, -0.25) is 0 Å². The van der Waals surface area contributed by atoms with E-state index in [0.29, 0.717) is 23.4 Å². The molecular weight excluding hydrogens is 383 g/mol. The van der Waals surface area contributed by atoms with Gasteiger partial charge in [-0.1, -0.05) is 37.1 Å². The van der Waals surface area contributed by atoms with Crippen molar-refractivity contribution in [3.63, 3.8) is 0 Å². The molecule has 0 spiro atoms. The molecule has 1 heterocycles. The van der Waals surface area contributed by atoms with Gasteiger partial charge < -0.3 is 4.31 Å². The first-order valence-electron chi connectivity index (χ1n) is 8.91. The van der Waals surface area contributed by atoms with Gasteiger partial charge in [0, 0.05) is 23.2 Å². The largest absolute Gasteiger partial charge is 0.318 e. The number of alkyl halides is 2. The van der Waals surface area contributed by atoms with Crippen molar-refractivity contribution in [1.82, 2.24) is 0 Å². The lowest BCUT2D eigenvalue weighted by molar-refractivity contribution is 0.224. The van der Waals surface area contributed by atoms with Crippen LogP contribution in [0.5, 0.6) is 0 Å². The lowest BCUT2D eigenvalue weighted by atomic mass is 10.0. The summed E-state index contributed by atoms with van der Waals surface area (Å²) in [5.41, 5.74) is 3.28. The van der Waals surface area contributed by atoms with Crippen molar-refractivity contribution in [3.8, 4) is 0 Å². The fourth-order valence-corrected chi connectivity index (χ4v) is 3.80. The van der Waals surface area contributed by atoms with Gasteiger partial charge in [0.15, 0.2) is 0 Å². The van der Waals surface area contributed by atoms with E-state index < -0.39 is 12.2 Å². The first-order valence-corrected chi connectivity index (χ1v) is 10.7. The number of benzene rings is 2. The molecule has 28 heavy (non-hydrogen) atoms. The number of aryl methyl sites for hydroxylation is 1. The highest BCUT2D eigenvalue weighted by Crippen LogP contribution is 2.29. The van der Waals surface area contributed by atoms with Gasteiger partial charge in [0.2, 0.25) is 0 Å². The van der Waals surface area contributed by atoms with Crippen molar-refractivity contribution in [2.45, 2.75) is 32.7 Å². The number of hydrogen-bond donors (Lipinski definition) is 0. The van der Waals surface area contributed by atoms with E-state index in [1.54, 1.807) is 12.1 Å². The summed E-state index contributed by atoms with van der Waals surface area (Å²) in [7, 11) is -0.349. The summed E-state index contributed by atoms with van der Waals surface area (Å²) >= 11 is 0. The molecule has 0 aromatic heterocycles. The fourth-order valence-electron chi connectivity index (χ4n) is 2.97. The SMILES string of the molecule is C=S(C)N(Cc1ccc(C2=NN=C(C(F)F)C2)cc1F)c1cccc(CC)c1. The molecule has 0 saturated carbocycles. The Morgan fingerprint density at radius 2 is 1.96 bits per heavy atom. The highest BCUT2D eigenvalue weighted by molar-refractivity contribution is 8.14. The van der Waals surface area contributed by atoms with Crippen molar-refractivity contribution >= 4 is 33.7 Å². The standard InChI is InChI=1S/C21H22F3N3S/c1-4-14-6-5-7-17(10-14)27(28(2)3)13-16-9-8-15(11-18(16)22)19-12-20(21(23)24)26-25-19/h5-11,21H,2,4,12-13H2,1,3H3. The molecule has 1 aliphatic rings. The van der Waals surface area contributed by atoms with Crippen molar-refractivity contribution < 1.29 is 13.2 Å². The second-order valence-corrected chi connectivity index (χ2v) is 8.22. The minimum atomic E-state index is -2.64. The molecule has 2 aromatic carbocycles. The first-order chi connectivity index (χ1) is 13.4. The average Bonchev–Trinajstić information content (AvgIpc) is 3.17. The predicted octanol–water partition coefficient (Wildman–Crippen LogP) is 5.45. The molecule has 0 amide bonds. The Labute approximate surface area is 165 Å². The minimum absolute atomic E-state index is 0.0519. The van der Waals surface area contributed by atoms with E-state index in [9.17, 15) is 13.2 Å². The highest BCUT2D eigenvalue weighted by Gasteiger charge is 2.22. The molecule has 0 bridgehead atoms. The summed E-state index contributed by atoms with van der Waals surface area (Å²) < 4.78 is 42.3. The summed E-state index contributed by atoms with van der Waals surface area (Å²) in [4.78, 5) is 0. The van der Waals surface area contributed by atoms with Gasteiger partial charge in [-0.15, -0.1) is 10.7 Å². The van der Waals surface area contributed by atoms with Gasteiger partial charge in [0.1, 0.15) is 11.5 Å². The second-order valence-electron chi connectivity index (χ2n) is 6.58. The van der Waals surface area contributed by atoms with E-state index in [-0.39, 0.29) is 22.8 Å². The fraction of sp³-hybridized carbons (Fsp3) is 0.286. The van der Waals surface area contributed by atoms with Crippen LogP contribution < -0.4 is 4.31 Å². The molecule has 0 radical (unpaired) electrons. The van der Waals surface area contributed by atoms with Crippen LogP contribution in [0.3, 0.4) is 0 Å². The Morgan fingerprint density at radius 3 is 2.57 bits per heavy atom. The van der Waals surface area contributed by atoms with Crippen LogP contribution in [0.25, 0.3) is 0 Å². The lowest BCUT2D eigenvalue weighted by Gasteiger charge is -2.26. The Balaban J connectivity index is 1.81. The van der Waals surface area contributed by atoms with Crippen molar-refractivity contribution in [3.05, 3.63) is 65.0 Å². The predicted molar refractivity (Wildman–Crippen MR) is 114 cm³/mol. The van der Waals surface area contributed by atoms with Gasteiger partial charge in [0.25, 0.3) is 6.43 Å². The molecule has 1 aliphatic heterocycles. The molecule has 148 valence electrons. The maximum Gasteiger partial charge on any atom is 0.278 e. The van der Waals surface area contributed by atoms with Gasteiger partial charge in [0.05, 0.1) is 12.3 Å². The molecule has 0 N–H and O–H groups in total. The van der Waals surface area contributed by atoms with Crippen molar-refractivity contribution in [2.75, 3.05) is 10.6 Å². The van der Waals surface area contributed by atoms with Gasteiger partial charge in [-0.2, -0.15) is 10.2 Å². The molecule has 0 fully saturated rings. The molecule has 1 atom stereocenters. The molecule has 3 rings (SSSR count). The van der Waals surface area contributed by atoms with E-state index in [1.807, 2.05) is 18.4 Å². The topological polar surface area (TPSA) is 28.0 Å². The number of anilines is 1. The van der Waals surface area contributed by atoms with Gasteiger partial charge in [-0.05, 0) is 36.4 Å². The van der Waals surface area contributed by atoms with Crippen LogP contribution >= 0.6 is 10.7 Å². The highest BCUT2D eigenvalue weighted by atomic mass is 32.2. The van der Waals surface area contributed by atoms with Crippen LogP contribution in [0.15, 0.2) is 52.7 Å². The maximum absolute atomic E-state index is 14.8. The molecule has 0 aliphatic carbocycles. The van der Waals surface area contributed by atoms with Crippen LogP contribution in [0.4, 0.5) is 18.9 Å². The number of hydrogen-bond acceptors (Lipinski definition) is 3. The Bertz CT molecular complexity index is 954. The zero-order valence-electron chi connectivity index (χ0n) is 15.8. The molecule has 3 nitrogen and oxygen atoms in total. The Kier molecular flexibility index (Phi) is 6.34. The normalized spacial score (nSPS) is 14.8. The smallest absolute Gasteiger partial charge is 0.278 e. The second kappa shape index (κ2) is 8.73. The van der Waals surface area contributed by atoms with E-state index >= 15 is 0 Å². The summed E-state index contributed by atoms with van der Waals surface area (Å²) in [5, 5.41) is 7.26. The van der Waals surface area contributed by atoms with Crippen molar-refractivity contribution in [2.24, 2.45) is 10.2 Å². The average molecular weight is 405 g/mol. The quantitative estimate of drug-likeness (QED) is 0.563. The first kappa shape index (κ1) is 20.3. The summed E-state index contributed by atoms with van der Waals surface area (Å²) in [6.07, 6.45) is 0.215. The monoisotopic (exact) mass is 405 g/mol. The number of nitrogens with zero attached hydrogens (tertiary/aromatic N) is 3. The summed E-state index contributed by atoms with van der Waals surface area (Å²) in [5.74, 6) is 3.73. The van der Waals surface area contributed by atoms with E-state index in [0.717, 1.165) is 12.1 Å². The minimum Gasteiger partial charge on any atom is -0.318 e. The third kappa shape index (κ3) is 4.52. The molecule has 2 aromatic rings. The zero-order valence-corrected chi connectivity index (χ0v) is 16.6. The van der Waals surface area contributed by atoms with E-state index in [2.05, 4.69) is 39.4 Å². The van der Waals surface area contributed by atoms with Crippen LogP contribution in [-0.4, -0.2) is 30.0 Å². The molecule has 0 saturated heterocycles. The Hall–Kier alpha value is -2.41. The maximum atomic E-state index is 14.8. The van der Waals surface area contributed by atoms with Gasteiger partial charge in [-0.25, -0.2) is 13.2 Å². The van der Waals surface area contributed by atoms with Crippen molar-refractivity contribution in [1.29, 1.82) is 0 Å². The van der Waals surface area contributed by atoms with E-state index in [4.69, 9.17) is 0 Å². The van der Waals surface area contributed by atoms with Crippen LogP contribution in [-0.2, 0) is 13.0 Å². The summed E-state index contributed by atoms with van der Waals surface area (Å²) in [6.45, 7) is 2.46. The van der Waals surface area contributed by atoms with Crippen LogP contribution in [0.1, 0.15) is 30.0 Å². The third-order valence-corrected chi connectivity index (χ3v) is 5.68. The number of rotatable bonds is 7. The summed E-state index contributed by atoms with van der Waals surface area (Å²) in [6, 6.07) is 12.9. The third-order valence-electron chi connectivity index (χ3n) is 4.58. The molecule has 7 heteroatoms. The van der Waals surface area contributed by atoms with E-state index in [1.165, 1.54) is 11.6 Å². The van der Waals surface area contributed by atoms with Crippen LogP contribution in [0, 0.1) is 5.82 Å². The molecular formula is C21H22F3N3S. The number of halogens is 3. The van der Waals surface area contributed by atoms with Gasteiger partial charge >= 0.3 is 0 Å². The molecule has 1 unspecified atom stereocenters. The Morgan fingerprint density at radius 1 is 1.18 bits per heavy atom. The zero-order chi connectivity index (χ0) is 20.3. The van der Waals surface area contributed by atoms with Crippen LogP contribution in [0.2, 0.25) is 0 Å². The lowest BCUT2D eigenvalue weighted by Crippen LogP contribution is -2.17.